The Hall–Kier alpha value is -1.88. The van der Waals surface area contributed by atoms with Crippen LogP contribution in [-0.4, -0.2) is 46.4 Å². The number of nitrogens with zero attached hydrogens (tertiary/aromatic N) is 3. The van der Waals surface area contributed by atoms with Crippen LogP contribution in [0.4, 0.5) is 0 Å². The van der Waals surface area contributed by atoms with Crippen molar-refractivity contribution in [1.82, 2.24) is 19.6 Å². The largest absolute Gasteiger partial charge is 0.349 e. The number of fused-ring (bicyclic) bond motifs is 1. The lowest BCUT2D eigenvalue weighted by atomic mass is 10.1. The van der Waals surface area contributed by atoms with Gasteiger partial charge in [-0.2, -0.15) is 0 Å². The zero-order chi connectivity index (χ0) is 13.2. The molecule has 1 N–H and O–H groups in total. The molecule has 0 atom stereocenters. The lowest BCUT2D eigenvalue weighted by Gasteiger charge is -2.29. The molecule has 0 bridgehead atoms. The summed E-state index contributed by atoms with van der Waals surface area (Å²) in [5.74, 6) is -0.0219. The van der Waals surface area contributed by atoms with Crippen molar-refractivity contribution in [3.63, 3.8) is 0 Å². The minimum atomic E-state index is -0.0219. The Morgan fingerprint density at radius 2 is 2.16 bits per heavy atom. The topological polar surface area (TPSA) is 49.6 Å². The highest BCUT2D eigenvalue weighted by Crippen LogP contribution is 2.12. The van der Waals surface area contributed by atoms with Crippen LogP contribution in [-0.2, 0) is 0 Å². The Labute approximate surface area is 112 Å². The molecule has 5 nitrogen and oxygen atoms in total. The maximum absolute atomic E-state index is 12.3. The van der Waals surface area contributed by atoms with Gasteiger partial charge in [0.15, 0.2) is 0 Å². The van der Waals surface area contributed by atoms with Gasteiger partial charge in [0.25, 0.3) is 5.91 Å². The second-order valence-corrected chi connectivity index (χ2v) is 5.13. The number of piperidine rings is 1. The normalized spacial score (nSPS) is 17.7. The zero-order valence-corrected chi connectivity index (χ0v) is 11.0. The maximum atomic E-state index is 12.3. The number of nitrogens with one attached hydrogen (secondary N) is 1. The number of imidazole rings is 1. The minimum Gasteiger partial charge on any atom is -0.349 e. The SMILES string of the molecule is CN1CCC(NC(=O)c2cccn3ccnc23)CC1. The van der Waals surface area contributed by atoms with E-state index in [1.807, 2.05) is 28.9 Å². The molecule has 1 aliphatic heterocycles. The summed E-state index contributed by atoms with van der Waals surface area (Å²) in [7, 11) is 2.11. The van der Waals surface area contributed by atoms with Crippen molar-refractivity contribution in [2.45, 2.75) is 18.9 Å². The second-order valence-electron chi connectivity index (χ2n) is 5.13. The monoisotopic (exact) mass is 258 g/mol. The van der Waals surface area contributed by atoms with Gasteiger partial charge in [0.2, 0.25) is 0 Å². The first kappa shape index (κ1) is 12.2. The third-order valence-corrected chi connectivity index (χ3v) is 3.72. The van der Waals surface area contributed by atoms with Crippen LogP contribution < -0.4 is 5.32 Å². The van der Waals surface area contributed by atoms with E-state index in [9.17, 15) is 4.79 Å². The molecule has 0 unspecified atom stereocenters. The molecule has 2 aromatic rings. The van der Waals surface area contributed by atoms with E-state index >= 15 is 0 Å². The van der Waals surface area contributed by atoms with Crippen LogP contribution in [0.1, 0.15) is 23.2 Å². The first-order chi connectivity index (χ1) is 9.24. The summed E-state index contributed by atoms with van der Waals surface area (Å²) in [6.07, 6.45) is 7.48. The molecule has 1 fully saturated rings. The van der Waals surface area contributed by atoms with E-state index in [0.29, 0.717) is 11.2 Å². The predicted molar refractivity (Wildman–Crippen MR) is 73.2 cm³/mol. The van der Waals surface area contributed by atoms with E-state index in [1.165, 1.54) is 0 Å². The van der Waals surface area contributed by atoms with Gasteiger partial charge in [-0.25, -0.2) is 4.98 Å². The van der Waals surface area contributed by atoms with Crippen LogP contribution in [0.2, 0.25) is 0 Å². The molecule has 1 saturated heterocycles. The number of hydrogen-bond acceptors (Lipinski definition) is 3. The fourth-order valence-corrected chi connectivity index (χ4v) is 2.54. The van der Waals surface area contributed by atoms with Gasteiger partial charge in [0.1, 0.15) is 5.65 Å². The summed E-state index contributed by atoms with van der Waals surface area (Å²) in [6, 6.07) is 3.98. The lowest BCUT2D eigenvalue weighted by Crippen LogP contribution is -2.43. The summed E-state index contributed by atoms with van der Waals surface area (Å²) in [5, 5.41) is 3.12. The Morgan fingerprint density at radius 3 is 2.95 bits per heavy atom. The standard InChI is InChI=1S/C14H18N4O/c1-17-8-4-11(5-9-17)16-14(19)12-3-2-7-18-10-6-15-13(12)18/h2-3,6-7,10-11H,4-5,8-9H2,1H3,(H,16,19). The highest BCUT2D eigenvalue weighted by molar-refractivity contribution is 5.99. The van der Waals surface area contributed by atoms with Crippen LogP contribution in [0.15, 0.2) is 30.7 Å². The van der Waals surface area contributed by atoms with Crippen molar-refractivity contribution in [3.05, 3.63) is 36.3 Å². The molecular weight excluding hydrogens is 240 g/mol. The molecule has 0 radical (unpaired) electrons. The molecule has 3 heterocycles. The molecule has 19 heavy (non-hydrogen) atoms. The Morgan fingerprint density at radius 1 is 1.37 bits per heavy atom. The number of likely N-dealkylation sites (tertiary alicyclic amines) is 1. The molecule has 1 amide bonds. The number of rotatable bonds is 2. The van der Waals surface area contributed by atoms with Crippen LogP contribution in [0.3, 0.4) is 0 Å². The second kappa shape index (κ2) is 5.01. The predicted octanol–water partition coefficient (Wildman–Crippen LogP) is 1.16. The third-order valence-electron chi connectivity index (χ3n) is 3.72. The molecule has 0 aliphatic carbocycles. The molecule has 100 valence electrons. The molecule has 0 saturated carbocycles. The van der Waals surface area contributed by atoms with E-state index in [2.05, 4.69) is 22.2 Å². The van der Waals surface area contributed by atoms with Gasteiger partial charge in [-0.05, 0) is 45.1 Å². The van der Waals surface area contributed by atoms with E-state index in [4.69, 9.17) is 0 Å². The van der Waals surface area contributed by atoms with Gasteiger partial charge >= 0.3 is 0 Å². The van der Waals surface area contributed by atoms with Crippen molar-refractivity contribution in [2.75, 3.05) is 20.1 Å². The van der Waals surface area contributed by atoms with Crippen molar-refractivity contribution >= 4 is 11.6 Å². The molecule has 2 aromatic heterocycles. The quantitative estimate of drug-likeness (QED) is 0.879. The fourth-order valence-electron chi connectivity index (χ4n) is 2.54. The zero-order valence-electron chi connectivity index (χ0n) is 11.0. The number of aromatic nitrogens is 2. The van der Waals surface area contributed by atoms with Crippen LogP contribution in [0, 0.1) is 0 Å². The summed E-state index contributed by atoms with van der Waals surface area (Å²) in [6.45, 7) is 2.08. The van der Waals surface area contributed by atoms with Crippen LogP contribution >= 0.6 is 0 Å². The number of carbonyl (C=O) groups excluding carboxylic acids is 1. The smallest absolute Gasteiger partial charge is 0.255 e. The van der Waals surface area contributed by atoms with E-state index < -0.39 is 0 Å². The maximum Gasteiger partial charge on any atom is 0.255 e. The van der Waals surface area contributed by atoms with E-state index in [1.54, 1.807) is 6.20 Å². The number of carbonyl (C=O) groups is 1. The number of hydrogen-bond donors (Lipinski definition) is 1. The number of amides is 1. The van der Waals surface area contributed by atoms with Gasteiger partial charge < -0.3 is 14.6 Å². The first-order valence-electron chi connectivity index (χ1n) is 6.65. The fraction of sp³-hybridized carbons (Fsp3) is 0.429. The first-order valence-corrected chi connectivity index (χ1v) is 6.65. The van der Waals surface area contributed by atoms with Crippen LogP contribution in [0.5, 0.6) is 0 Å². The van der Waals surface area contributed by atoms with Gasteiger partial charge in [-0.15, -0.1) is 0 Å². The highest BCUT2D eigenvalue weighted by atomic mass is 16.1. The summed E-state index contributed by atoms with van der Waals surface area (Å²) in [5.41, 5.74) is 1.36. The van der Waals surface area contributed by atoms with Gasteiger partial charge in [0.05, 0.1) is 5.56 Å². The third kappa shape index (κ3) is 2.46. The number of pyridine rings is 1. The highest BCUT2D eigenvalue weighted by Gasteiger charge is 2.20. The summed E-state index contributed by atoms with van der Waals surface area (Å²) >= 11 is 0. The van der Waals surface area contributed by atoms with E-state index in [-0.39, 0.29) is 11.9 Å². The van der Waals surface area contributed by atoms with Gasteiger partial charge in [-0.1, -0.05) is 0 Å². The van der Waals surface area contributed by atoms with Gasteiger partial charge in [0, 0.05) is 24.6 Å². The average Bonchev–Trinajstić information content (AvgIpc) is 2.89. The molecule has 0 spiro atoms. The van der Waals surface area contributed by atoms with Crippen molar-refractivity contribution in [1.29, 1.82) is 0 Å². The minimum absolute atomic E-state index is 0.0219. The molecule has 5 heteroatoms. The Balaban J connectivity index is 1.75. The van der Waals surface area contributed by atoms with Crippen LogP contribution in [0.25, 0.3) is 5.65 Å². The van der Waals surface area contributed by atoms with Gasteiger partial charge in [-0.3, -0.25) is 4.79 Å². The molecule has 1 aliphatic rings. The summed E-state index contributed by atoms with van der Waals surface area (Å²) in [4.78, 5) is 18.9. The molecule has 0 aromatic carbocycles. The molecule has 3 rings (SSSR count). The Kier molecular flexibility index (Phi) is 3.21. The molecular formula is C14H18N4O. The van der Waals surface area contributed by atoms with Crippen molar-refractivity contribution in [3.8, 4) is 0 Å². The Bertz CT molecular complexity index is 584. The van der Waals surface area contributed by atoms with Crippen molar-refractivity contribution in [2.24, 2.45) is 0 Å². The summed E-state index contributed by atoms with van der Waals surface area (Å²) < 4.78 is 1.86. The average molecular weight is 258 g/mol. The van der Waals surface area contributed by atoms with Crippen molar-refractivity contribution < 1.29 is 4.79 Å². The lowest BCUT2D eigenvalue weighted by molar-refractivity contribution is 0.0918. The van der Waals surface area contributed by atoms with E-state index in [0.717, 1.165) is 25.9 Å².